The van der Waals surface area contributed by atoms with Crippen molar-refractivity contribution >= 4 is 11.9 Å². The number of aliphatic hydroxyl groups is 8. The predicted octanol–water partition coefficient (Wildman–Crippen LogP) is -5.96. The molecular formula is C6H10O11. The first kappa shape index (κ1) is 15.8. The minimum Gasteiger partial charge on any atom is -0.385 e. The van der Waals surface area contributed by atoms with Crippen LogP contribution >= 0.6 is 0 Å². The number of esters is 2. The number of hydrogen-bond donors (Lipinski definition) is 8. The maximum Gasteiger partial charge on any atom is 0.379 e. The van der Waals surface area contributed by atoms with E-state index >= 15 is 0 Å². The van der Waals surface area contributed by atoms with Crippen molar-refractivity contribution < 1.29 is 55.2 Å². The molecule has 0 aliphatic rings. The third-order valence-corrected chi connectivity index (χ3v) is 1.51. The van der Waals surface area contributed by atoms with Crippen LogP contribution in [0.4, 0.5) is 0 Å². The second-order valence-electron chi connectivity index (χ2n) is 2.88. The Morgan fingerprint density at radius 3 is 1.18 bits per heavy atom. The number of carbonyl (C=O) groups is 2. The third kappa shape index (κ3) is 3.39. The monoisotopic (exact) mass is 258 g/mol. The van der Waals surface area contributed by atoms with E-state index in [9.17, 15) is 9.59 Å². The fraction of sp³-hybridized carbons (Fsp3) is 0.667. The summed E-state index contributed by atoms with van der Waals surface area (Å²) in [6.07, 6.45) is -6.10. The summed E-state index contributed by atoms with van der Waals surface area (Å²) in [6.45, 7) is 0. The Labute approximate surface area is 92.4 Å². The number of ether oxygens (including phenoxy) is 1. The van der Waals surface area contributed by atoms with Crippen molar-refractivity contribution in [1.82, 2.24) is 0 Å². The zero-order chi connectivity index (χ0) is 14.0. The number of aliphatic hydroxyl groups excluding tert-OH is 2. The Kier molecular flexibility index (Phi) is 4.64. The molecule has 0 saturated carbocycles. The van der Waals surface area contributed by atoms with E-state index in [0.717, 1.165) is 0 Å². The standard InChI is InChI=1S/C6H10O11/c7-1(8)5(13,14)3(11)17-4(12)6(15,16)2(9)10/h1-2,7-10,13-16H. The van der Waals surface area contributed by atoms with E-state index in [0.29, 0.717) is 0 Å². The lowest BCUT2D eigenvalue weighted by Gasteiger charge is -2.24. The van der Waals surface area contributed by atoms with E-state index in [2.05, 4.69) is 4.74 Å². The van der Waals surface area contributed by atoms with Crippen LogP contribution in [0.3, 0.4) is 0 Å². The van der Waals surface area contributed by atoms with Crippen LogP contribution in [0, 0.1) is 0 Å². The van der Waals surface area contributed by atoms with Gasteiger partial charge < -0.3 is 45.6 Å². The summed E-state index contributed by atoms with van der Waals surface area (Å²) in [5.41, 5.74) is 0. The van der Waals surface area contributed by atoms with Gasteiger partial charge in [0.2, 0.25) is 12.6 Å². The van der Waals surface area contributed by atoms with E-state index in [1.54, 1.807) is 0 Å². The van der Waals surface area contributed by atoms with Crippen LogP contribution < -0.4 is 0 Å². The van der Waals surface area contributed by atoms with E-state index in [-0.39, 0.29) is 0 Å². The molecule has 0 atom stereocenters. The molecule has 0 fully saturated rings. The minimum atomic E-state index is -3.91. The van der Waals surface area contributed by atoms with Gasteiger partial charge >= 0.3 is 23.5 Å². The summed E-state index contributed by atoms with van der Waals surface area (Å²) in [5.74, 6) is -12.6. The Balaban J connectivity index is 4.78. The van der Waals surface area contributed by atoms with Gasteiger partial charge in [-0.1, -0.05) is 0 Å². The van der Waals surface area contributed by atoms with Crippen molar-refractivity contribution in [2.24, 2.45) is 0 Å². The van der Waals surface area contributed by atoms with Crippen LogP contribution in [0.5, 0.6) is 0 Å². The predicted molar refractivity (Wildman–Crippen MR) is 41.9 cm³/mol. The first-order chi connectivity index (χ1) is 7.44. The highest BCUT2D eigenvalue weighted by Gasteiger charge is 2.49. The smallest absolute Gasteiger partial charge is 0.379 e. The van der Waals surface area contributed by atoms with Gasteiger partial charge in [-0.25, -0.2) is 9.59 Å². The Morgan fingerprint density at radius 2 is 1.00 bits per heavy atom. The molecule has 8 N–H and O–H groups in total. The van der Waals surface area contributed by atoms with Crippen molar-refractivity contribution in [3.8, 4) is 0 Å². The average Bonchev–Trinajstić information content (AvgIpc) is 2.16. The molecule has 0 aromatic heterocycles. The quantitative estimate of drug-likeness (QED) is 0.135. The highest BCUT2D eigenvalue weighted by molar-refractivity contribution is 5.92. The molecule has 0 bridgehead atoms. The van der Waals surface area contributed by atoms with Gasteiger partial charge in [-0.05, 0) is 0 Å². The molecule has 0 aromatic rings. The average molecular weight is 258 g/mol. The fourth-order valence-electron chi connectivity index (χ4n) is 0.445. The molecule has 11 nitrogen and oxygen atoms in total. The van der Waals surface area contributed by atoms with Crippen LogP contribution in [0.1, 0.15) is 0 Å². The van der Waals surface area contributed by atoms with Crippen molar-refractivity contribution in [3.63, 3.8) is 0 Å². The molecule has 0 spiro atoms. The van der Waals surface area contributed by atoms with Crippen LogP contribution in [-0.2, 0) is 14.3 Å². The van der Waals surface area contributed by atoms with Crippen LogP contribution in [-0.4, -0.2) is 76.9 Å². The lowest BCUT2D eigenvalue weighted by molar-refractivity contribution is -0.300. The summed E-state index contributed by atoms with van der Waals surface area (Å²) in [6, 6.07) is 0. The Hall–Kier alpha value is -1.18. The lowest BCUT2D eigenvalue weighted by Crippen LogP contribution is -2.56. The van der Waals surface area contributed by atoms with Crippen molar-refractivity contribution in [2.45, 2.75) is 24.2 Å². The molecular weight excluding hydrogens is 248 g/mol. The number of carbonyl (C=O) groups excluding carboxylic acids is 2. The van der Waals surface area contributed by atoms with Crippen LogP contribution in [0.2, 0.25) is 0 Å². The molecule has 0 amide bonds. The summed E-state index contributed by atoms with van der Waals surface area (Å²) in [4.78, 5) is 21.5. The Morgan fingerprint density at radius 1 is 0.765 bits per heavy atom. The fourth-order valence-corrected chi connectivity index (χ4v) is 0.445. The van der Waals surface area contributed by atoms with Gasteiger partial charge in [-0.3, -0.25) is 0 Å². The molecule has 0 aliphatic carbocycles. The van der Waals surface area contributed by atoms with Gasteiger partial charge in [0.15, 0.2) is 0 Å². The molecule has 0 radical (unpaired) electrons. The zero-order valence-corrected chi connectivity index (χ0v) is 7.96. The summed E-state index contributed by atoms with van der Waals surface area (Å²) >= 11 is 0. The van der Waals surface area contributed by atoms with E-state index < -0.39 is 36.1 Å². The van der Waals surface area contributed by atoms with Gasteiger partial charge in [0, 0.05) is 0 Å². The summed E-state index contributed by atoms with van der Waals surface area (Å²) < 4.78 is 3.38. The van der Waals surface area contributed by atoms with Crippen LogP contribution in [0.15, 0.2) is 0 Å². The van der Waals surface area contributed by atoms with E-state index in [4.69, 9.17) is 40.9 Å². The lowest BCUT2D eigenvalue weighted by atomic mass is 10.2. The third-order valence-electron chi connectivity index (χ3n) is 1.51. The zero-order valence-electron chi connectivity index (χ0n) is 7.96. The van der Waals surface area contributed by atoms with E-state index in [1.165, 1.54) is 0 Å². The second kappa shape index (κ2) is 4.99. The van der Waals surface area contributed by atoms with E-state index in [1.807, 2.05) is 0 Å². The van der Waals surface area contributed by atoms with Crippen molar-refractivity contribution in [1.29, 1.82) is 0 Å². The molecule has 0 rings (SSSR count). The second-order valence-corrected chi connectivity index (χ2v) is 2.88. The maximum atomic E-state index is 10.7. The summed E-state index contributed by atoms with van der Waals surface area (Å²) in [7, 11) is 0. The summed E-state index contributed by atoms with van der Waals surface area (Å²) in [5, 5.41) is 67.8. The molecule has 0 aromatic carbocycles. The molecule has 0 unspecified atom stereocenters. The highest BCUT2D eigenvalue weighted by atomic mass is 16.7. The number of rotatable bonds is 4. The molecule has 11 heteroatoms. The molecule has 0 saturated heterocycles. The molecule has 100 valence electrons. The SMILES string of the molecule is O=C(OC(=O)C(O)(O)C(O)O)C(O)(O)C(O)O. The first-order valence-corrected chi connectivity index (χ1v) is 3.82. The maximum absolute atomic E-state index is 10.7. The molecule has 0 aliphatic heterocycles. The van der Waals surface area contributed by atoms with Crippen molar-refractivity contribution in [2.75, 3.05) is 0 Å². The Bertz CT molecular complexity index is 273. The molecule has 0 heterocycles. The minimum absolute atomic E-state index is 2.37. The topological polar surface area (TPSA) is 205 Å². The van der Waals surface area contributed by atoms with Gasteiger partial charge in [0.1, 0.15) is 0 Å². The van der Waals surface area contributed by atoms with Crippen LogP contribution in [0.25, 0.3) is 0 Å². The van der Waals surface area contributed by atoms with Gasteiger partial charge in [-0.2, -0.15) is 0 Å². The van der Waals surface area contributed by atoms with Gasteiger partial charge in [0.25, 0.3) is 0 Å². The first-order valence-electron chi connectivity index (χ1n) is 3.82. The highest BCUT2D eigenvalue weighted by Crippen LogP contribution is 2.12. The largest absolute Gasteiger partial charge is 0.385 e. The van der Waals surface area contributed by atoms with Gasteiger partial charge in [0.05, 0.1) is 0 Å². The van der Waals surface area contributed by atoms with Gasteiger partial charge in [-0.15, -0.1) is 0 Å². The normalized spacial score (nSPS) is 13.1. The van der Waals surface area contributed by atoms with Crippen molar-refractivity contribution in [3.05, 3.63) is 0 Å². The molecule has 17 heavy (non-hydrogen) atoms. The number of hydrogen-bond acceptors (Lipinski definition) is 11.